The summed E-state index contributed by atoms with van der Waals surface area (Å²) in [6.45, 7) is 5.08. The lowest BCUT2D eigenvalue weighted by atomic mass is 10.1. The number of phenolic OH excluding ortho intramolecular Hbond substituents is 1. The second kappa shape index (κ2) is 8.92. The lowest BCUT2D eigenvalue weighted by Gasteiger charge is -2.27. The summed E-state index contributed by atoms with van der Waals surface area (Å²) in [5, 5.41) is 14.5. The lowest BCUT2D eigenvalue weighted by molar-refractivity contribution is 0.374. The number of fused-ring (bicyclic) bond motifs is 1. The molecule has 1 aliphatic rings. The molecule has 1 aliphatic heterocycles. The van der Waals surface area contributed by atoms with Gasteiger partial charge in [-0.1, -0.05) is 26.2 Å². The zero-order valence-corrected chi connectivity index (χ0v) is 15.9. The number of aromatic nitrogens is 2. The van der Waals surface area contributed by atoms with Crippen molar-refractivity contribution in [3.05, 3.63) is 12.1 Å². The van der Waals surface area contributed by atoms with Gasteiger partial charge in [-0.2, -0.15) is 4.98 Å². The SMILES string of the molecule is CCCCCCNc1nc(N2CCCCC2)nc2cc(OC)c(O)cc12. The Hall–Kier alpha value is -2.24. The van der Waals surface area contributed by atoms with Crippen LogP contribution in [0.1, 0.15) is 51.9 Å². The molecule has 2 heterocycles. The van der Waals surface area contributed by atoms with Crippen LogP contribution in [0.15, 0.2) is 12.1 Å². The molecule has 0 spiro atoms. The predicted octanol–water partition coefficient (Wildman–Crippen LogP) is 4.33. The molecule has 6 nitrogen and oxygen atoms in total. The van der Waals surface area contributed by atoms with E-state index in [1.165, 1.54) is 38.5 Å². The molecular formula is C20H30N4O2. The van der Waals surface area contributed by atoms with E-state index < -0.39 is 0 Å². The van der Waals surface area contributed by atoms with Crippen LogP contribution in [0.25, 0.3) is 10.9 Å². The number of rotatable bonds is 8. The van der Waals surface area contributed by atoms with E-state index in [1.807, 2.05) is 0 Å². The third-order valence-corrected chi connectivity index (χ3v) is 4.95. The highest BCUT2D eigenvalue weighted by Crippen LogP contribution is 2.34. The summed E-state index contributed by atoms with van der Waals surface area (Å²) >= 11 is 0. The Kier molecular flexibility index (Phi) is 6.36. The number of phenols is 1. The molecule has 2 N–H and O–H groups in total. The Bertz CT molecular complexity index is 729. The standard InChI is InChI=1S/C20H30N4O2/c1-3-4-5-7-10-21-19-15-13-17(25)18(26-2)14-16(15)22-20(23-19)24-11-8-6-9-12-24/h13-14,25H,3-12H2,1-2H3,(H,21,22,23). The zero-order valence-electron chi connectivity index (χ0n) is 15.9. The molecule has 3 rings (SSSR count). The Morgan fingerprint density at radius 2 is 1.92 bits per heavy atom. The Morgan fingerprint density at radius 1 is 1.12 bits per heavy atom. The Morgan fingerprint density at radius 3 is 2.65 bits per heavy atom. The zero-order chi connectivity index (χ0) is 18.4. The van der Waals surface area contributed by atoms with Crippen LogP contribution in [0.2, 0.25) is 0 Å². The third kappa shape index (κ3) is 4.29. The van der Waals surface area contributed by atoms with Crippen molar-refractivity contribution >= 4 is 22.7 Å². The number of nitrogens with zero attached hydrogens (tertiary/aromatic N) is 3. The number of hydrogen-bond donors (Lipinski definition) is 2. The van der Waals surface area contributed by atoms with E-state index in [-0.39, 0.29) is 5.75 Å². The molecule has 1 fully saturated rings. The maximum Gasteiger partial charge on any atom is 0.227 e. The van der Waals surface area contributed by atoms with Gasteiger partial charge in [0.15, 0.2) is 11.5 Å². The Balaban J connectivity index is 1.91. The van der Waals surface area contributed by atoms with Crippen molar-refractivity contribution in [3.8, 4) is 11.5 Å². The van der Waals surface area contributed by atoms with Gasteiger partial charge >= 0.3 is 0 Å². The average Bonchev–Trinajstić information content (AvgIpc) is 2.68. The van der Waals surface area contributed by atoms with Crippen LogP contribution >= 0.6 is 0 Å². The molecule has 26 heavy (non-hydrogen) atoms. The van der Waals surface area contributed by atoms with Gasteiger partial charge in [-0.3, -0.25) is 0 Å². The van der Waals surface area contributed by atoms with Gasteiger partial charge in [-0.15, -0.1) is 0 Å². The smallest absolute Gasteiger partial charge is 0.227 e. The van der Waals surface area contributed by atoms with E-state index in [0.29, 0.717) is 5.75 Å². The summed E-state index contributed by atoms with van der Waals surface area (Å²) in [5.41, 5.74) is 0.797. The van der Waals surface area contributed by atoms with Crippen molar-refractivity contribution in [1.82, 2.24) is 9.97 Å². The number of unbranched alkanes of at least 4 members (excludes halogenated alkanes) is 3. The Labute approximate surface area is 155 Å². The predicted molar refractivity (Wildman–Crippen MR) is 106 cm³/mol. The molecule has 0 radical (unpaired) electrons. The molecule has 0 amide bonds. The quantitative estimate of drug-likeness (QED) is 0.685. The normalized spacial score (nSPS) is 14.6. The van der Waals surface area contributed by atoms with Crippen molar-refractivity contribution in [3.63, 3.8) is 0 Å². The van der Waals surface area contributed by atoms with Gasteiger partial charge in [-0.05, 0) is 31.7 Å². The maximum absolute atomic E-state index is 10.2. The summed E-state index contributed by atoms with van der Waals surface area (Å²) in [4.78, 5) is 11.8. The maximum atomic E-state index is 10.2. The number of methoxy groups -OCH3 is 1. The number of benzene rings is 1. The van der Waals surface area contributed by atoms with Crippen LogP contribution in [-0.2, 0) is 0 Å². The van der Waals surface area contributed by atoms with E-state index in [4.69, 9.17) is 14.7 Å². The number of hydrogen-bond acceptors (Lipinski definition) is 6. The first-order valence-electron chi connectivity index (χ1n) is 9.80. The fraction of sp³-hybridized carbons (Fsp3) is 0.600. The largest absolute Gasteiger partial charge is 0.504 e. The molecule has 0 aliphatic carbocycles. The number of piperidine rings is 1. The van der Waals surface area contributed by atoms with Crippen molar-refractivity contribution in [2.24, 2.45) is 0 Å². The molecule has 2 aromatic rings. The van der Waals surface area contributed by atoms with Crippen molar-refractivity contribution in [1.29, 1.82) is 0 Å². The van der Waals surface area contributed by atoms with Crippen molar-refractivity contribution in [2.45, 2.75) is 51.9 Å². The van der Waals surface area contributed by atoms with E-state index >= 15 is 0 Å². The molecule has 0 saturated carbocycles. The molecule has 142 valence electrons. The molecule has 1 aromatic heterocycles. The highest BCUT2D eigenvalue weighted by Gasteiger charge is 2.17. The number of anilines is 2. The highest BCUT2D eigenvalue weighted by atomic mass is 16.5. The summed E-state index contributed by atoms with van der Waals surface area (Å²) in [7, 11) is 1.56. The highest BCUT2D eigenvalue weighted by molar-refractivity contribution is 5.92. The molecule has 0 atom stereocenters. The topological polar surface area (TPSA) is 70.5 Å². The van der Waals surface area contributed by atoms with Gasteiger partial charge in [0.25, 0.3) is 0 Å². The minimum Gasteiger partial charge on any atom is -0.504 e. The monoisotopic (exact) mass is 358 g/mol. The fourth-order valence-corrected chi connectivity index (χ4v) is 3.42. The van der Waals surface area contributed by atoms with E-state index in [0.717, 1.165) is 48.7 Å². The minimum absolute atomic E-state index is 0.114. The molecule has 6 heteroatoms. The summed E-state index contributed by atoms with van der Waals surface area (Å²) < 4.78 is 5.26. The summed E-state index contributed by atoms with van der Waals surface area (Å²) in [6.07, 6.45) is 8.44. The first kappa shape index (κ1) is 18.5. The van der Waals surface area contributed by atoms with Crippen LogP contribution in [0.5, 0.6) is 11.5 Å². The van der Waals surface area contributed by atoms with Gasteiger partial charge in [0, 0.05) is 31.1 Å². The van der Waals surface area contributed by atoms with E-state index in [1.54, 1.807) is 19.2 Å². The second-order valence-electron chi connectivity index (χ2n) is 6.95. The molecular weight excluding hydrogens is 328 g/mol. The third-order valence-electron chi connectivity index (χ3n) is 4.95. The number of nitrogens with one attached hydrogen (secondary N) is 1. The molecule has 1 saturated heterocycles. The van der Waals surface area contributed by atoms with Gasteiger partial charge in [0.2, 0.25) is 5.95 Å². The molecule has 1 aromatic carbocycles. The van der Waals surface area contributed by atoms with Crippen LogP contribution in [0.3, 0.4) is 0 Å². The molecule has 0 unspecified atom stereocenters. The van der Waals surface area contributed by atoms with Crippen LogP contribution in [0.4, 0.5) is 11.8 Å². The number of ether oxygens (including phenoxy) is 1. The minimum atomic E-state index is 0.114. The van der Waals surface area contributed by atoms with Crippen molar-refractivity contribution < 1.29 is 9.84 Å². The van der Waals surface area contributed by atoms with Gasteiger partial charge in [0.1, 0.15) is 5.82 Å². The average molecular weight is 358 g/mol. The molecule has 0 bridgehead atoms. The van der Waals surface area contributed by atoms with E-state index in [9.17, 15) is 5.11 Å². The van der Waals surface area contributed by atoms with Crippen LogP contribution < -0.4 is 15.0 Å². The van der Waals surface area contributed by atoms with Gasteiger partial charge in [0.05, 0.1) is 12.6 Å². The van der Waals surface area contributed by atoms with E-state index in [2.05, 4.69) is 17.1 Å². The van der Waals surface area contributed by atoms with Gasteiger partial charge < -0.3 is 20.1 Å². The lowest BCUT2D eigenvalue weighted by Crippen LogP contribution is -2.31. The summed E-state index contributed by atoms with van der Waals surface area (Å²) in [5.74, 6) is 2.11. The summed E-state index contributed by atoms with van der Waals surface area (Å²) in [6, 6.07) is 3.49. The number of aromatic hydroxyl groups is 1. The first-order valence-corrected chi connectivity index (χ1v) is 9.80. The fourth-order valence-electron chi connectivity index (χ4n) is 3.42. The van der Waals surface area contributed by atoms with Crippen LogP contribution in [-0.4, -0.2) is 41.8 Å². The second-order valence-corrected chi connectivity index (χ2v) is 6.95. The van der Waals surface area contributed by atoms with Gasteiger partial charge in [-0.25, -0.2) is 4.98 Å². The van der Waals surface area contributed by atoms with Crippen LogP contribution in [0, 0.1) is 0 Å². The first-order chi connectivity index (χ1) is 12.7. The van der Waals surface area contributed by atoms with Crippen molar-refractivity contribution in [2.75, 3.05) is 37.0 Å².